The molecule has 0 bridgehead atoms. The highest BCUT2D eigenvalue weighted by atomic mass is 16.1. The Morgan fingerprint density at radius 2 is 2.10 bits per heavy atom. The highest BCUT2D eigenvalue weighted by molar-refractivity contribution is 5.98. The van der Waals surface area contributed by atoms with Gasteiger partial charge in [-0.15, -0.1) is 0 Å². The van der Waals surface area contributed by atoms with Crippen LogP contribution in [0.2, 0.25) is 0 Å². The first kappa shape index (κ1) is 13.6. The summed E-state index contributed by atoms with van der Waals surface area (Å²) >= 11 is 0. The van der Waals surface area contributed by atoms with Crippen LogP contribution in [0.15, 0.2) is 42.6 Å². The number of hydrogen-bond acceptors (Lipinski definition) is 4. The molecule has 0 aliphatic carbocycles. The molecule has 1 amide bonds. The summed E-state index contributed by atoms with van der Waals surface area (Å²) in [6.45, 7) is 1.41. The molecule has 5 heteroatoms. The van der Waals surface area contributed by atoms with Crippen LogP contribution in [-0.2, 0) is 0 Å². The summed E-state index contributed by atoms with van der Waals surface area (Å²) in [6, 6.07) is 11.6. The molecule has 5 nitrogen and oxygen atoms in total. The average Bonchev–Trinajstić information content (AvgIpc) is 2.87. The largest absolute Gasteiger partial charge is 0.365 e. The van der Waals surface area contributed by atoms with E-state index in [2.05, 4.69) is 16.0 Å². The van der Waals surface area contributed by atoms with Crippen LogP contribution < -0.4 is 16.4 Å². The molecule has 1 unspecified atom stereocenters. The van der Waals surface area contributed by atoms with E-state index in [4.69, 9.17) is 11.5 Å². The van der Waals surface area contributed by atoms with Gasteiger partial charge >= 0.3 is 0 Å². The summed E-state index contributed by atoms with van der Waals surface area (Å²) in [4.78, 5) is 18.1. The lowest BCUT2D eigenvalue weighted by atomic mass is 9.98. The molecule has 0 saturated carbocycles. The average molecular weight is 282 g/mol. The number of nitrogens with zero attached hydrogens (tertiary/aromatic N) is 2. The molecule has 0 spiro atoms. The maximum Gasteiger partial charge on any atom is 0.252 e. The Labute approximate surface area is 123 Å². The Bertz CT molecular complexity index is 671. The number of nitrogens with two attached hydrogens (primary N) is 2. The number of anilines is 2. The van der Waals surface area contributed by atoms with E-state index in [1.54, 1.807) is 18.3 Å². The Balaban J connectivity index is 2.07. The third-order valence-electron chi connectivity index (χ3n) is 3.89. The third kappa shape index (κ3) is 2.36. The molecule has 108 valence electrons. The summed E-state index contributed by atoms with van der Waals surface area (Å²) in [5.41, 5.74) is 14.0. The Morgan fingerprint density at radius 1 is 1.29 bits per heavy atom. The van der Waals surface area contributed by atoms with Crippen molar-refractivity contribution < 1.29 is 4.79 Å². The Morgan fingerprint density at radius 3 is 2.86 bits per heavy atom. The molecule has 1 aromatic carbocycles. The maximum atomic E-state index is 11.6. The monoisotopic (exact) mass is 282 g/mol. The zero-order chi connectivity index (χ0) is 14.8. The number of fused-ring (bicyclic) bond motifs is 1. The van der Waals surface area contributed by atoms with Crippen molar-refractivity contribution in [2.75, 3.05) is 18.0 Å². The van der Waals surface area contributed by atoms with E-state index in [9.17, 15) is 4.79 Å². The lowest BCUT2D eigenvalue weighted by molar-refractivity contribution is 0.100. The van der Waals surface area contributed by atoms with Crippen LogP contribution in [0.25, 0.3) is 0 Å². The van der Waals surface area contributed by atoms with Crippen LogP contribution in [0.1, 0.15) is 28.3 Å². The fraction of sp³-hybridized carbons (Fsp3) is 0.250. The number of pyridine rings is 1. The molecule has 1 aliphatic rings. The van der Waals surface area contributed by atoms with Gasteiger partial charge < -0.3 is 16.4 Å². The van der Waals surface area contributed by atoms with Crippen molar-refractivity contribution in [3.63, 3.8) is 0 Å². The normalized spacial score (nSPS) is 16.8. The molecule has 3 rings (SSSR count). The van der Waals surface area contributed by atoms with Gasteiger partial charge in [-0.05, 0) is 36.7 Å². The molecule has 0 saturated heterocycles. The minimum atomic E-state index is -0.460. The molecule has 1 aliphatic heterocycles. The van der Waals surface area contributed by atoms with Crippen LogP contribution >= 0.6 is 0 Å². The van der Waals surface area contributed by atoms with Gasteiger partial charge in [0.05, 0.1) is 5.56 Å². The van der Waals surface area contributed by atoms with Gasteiger partial charge in [0.2, 0.25) is 0 Å². The van der Waals surface area contributed by atoms with Gasteiger partial charge in [0, 0.05) is 24.3 Å². The summed E-state index contributed by atoms with van der Waals surface area (Å²) in [5, 5.41) is 0. The molecule has 1 atom stereocenters. The summed E-state index contributed by atoms with van der Waals surface area (Å²) in [7, 11) is 0. The Hall–Kier alpha value is -2.40. The predicted molar refractivity (Wildman–Crippen MR) is 82.6 cm³/mol. The van der Waals surface area contributed by atoms with E-state index in [0.29, 0.717) is 23.8 Å². The van der Waals surface area contributed by atoms with Crippen molar-refractivity contribution >= 4 is 17.4 Å². The summed E-state index contributed by atoms with van der Waals surface area (Å²) in [6.07, 6.45) is 2.59. The van der Waals surface area contributed by atoms with Crippen LogP contribution in [0.3, 0.4) is 0 Å². The van der Waals surface area contributed by atoms with Gasteiger partial charge in [0.15, 0.2) is 0 Å². The lowest BCUT2D eigenvalue weighted by Crippen LogP contribution is -2.23. The fourth-order valence-electron chi connectivity index (χ4n) is 2.95. The van der Waals surface area contributed by atoms with Crippen molar-refractivity contribution in [1.82, 2.24) is 4.98 Å². The number of carbonyl (C=O) groups excluding carboxylic acids is 1. The van der Waals surface area contributed by atoms with E-state index < -0.39 is 5.91 Å². The van der Waals surface area contributed by atoms with Gasteiger partial charge in [0.1, 0.15) is 5.82 Å². The summed E-state index contributed by atoms with van der Waals surface area (Å²) < 4.78 is 0. The van der Waals surface area contributed by atoms with Gasteiger partial charge in [-0.25, -0.2) is 4.98 Å². The molecule has 0 fully saturated rings. The third-order valence-corrected chi connectivity index (χ3v) is 3.89. The van der Waals surface area contributed by atoms with Gasteiger partial charge in [-0.3, -0.25) is 4.79 Å². The second kappa shape index (κ2) is 5.54. The highest BCUT2D eigenvalue weighted by Crippen LogP contribution is 2.42. The van der Waals surface area contributed by atoms with E-state index in [-0.39, 0.29) is 0 Å². The minimum absolute atomic E-state index is 0.355. The number of aromatic nitrogens is 1. The standard InChI is InChI=1S/C16H18N4O/c17-8-7-11-10-20(14-6-2-1-4-12(11)14)16-13(15(18)21)5-3-9-19-16/h1-6,9,11H,7-8,10,17H2,(H2,18,21). The molecule has 1 aromatic heterocycles. The number of primary amides is 1. The van der Waals surface area contributed by atoms with E-state index in [1.807, 2.05) is 18.2 Å². The molecule has 2 heterocycles. The lowest BCUT2D eigenvalue weighted by Gasteiger charge is -2.20. The van der Waals surface area contributed by atoms with Crippen LogP contribution in [0, 0.1) is 0 Å². The van der Waals surface area contributed by atoms with Gasteiger partial charge in [-0.2, -0.15) is 0 Å². The second-order valence-corrected chi connectivity index (χ2v) is 5.18. The molecule has 2 aromatic rings. The van der Waals surface area contributed by atoms with Crippen molar-refractivity contribution in [2.45, 2.75) is 12.3 Å². The second-order valence-electron chi connectivity index (χ2n) is 5.18. The molecule has 4 N–H and O–H groups in total. The number of rotatable bonds is 4. The zero-order valence-electron chi connectivity index (χ0n) is 11.7. The molecule has 21 heavy (non-hydrogen) atoms. The number of carbonyl (C=O) groups is 1. The van der Waals surface area contributed by atoms with E-state index >= 15 is 0 Å². The first-order valence-corrected chi connectivity index (χ1v) is 7.03. The molecular formula is C16H18N4O. The van der Waals surface area contributed by atoms with Gasteiger partial charge in [0.25, 0.3) is 5.91 Å². The van der Waals surface area contributed by atoms with Crippen molar-refractivity contribution in [2.24, 2.45) is 11.5 Å². The molecular weight excluding hydrogens is 264 g/mol. The number of benzene rings is 1. The Kier molecular flexibility index (Phi) is 3.58. The van der Waals surface area contributed by atoms with Crippen molar-refractivity contribution in [3.8, 4) is 0 Å². The minimum Gasteiger partial charge on any atom is -0.365 e. The first-order valence-electron chi connectivity index (χ1n) is 7.03. The van der Waals surface area contributed by atoms with Crippen molar-refractivity contribution in [1.29, 1.82) is 0 Å². The molecule has 0 radical (unpaired) electrons. The summed E-state index contributed by atoms with van der Waals surface area (Å²) in [5.74, 6) is 0.517. The first-order chi connectivity index (χ1) is 10.2. The van der Waals surface area contributed by atoms with E-state index in [1.165, 1.54) is 5.56 Å². The van der Waals surface area contributed by atoms with Crippen LogP contribution in [0.5, 0.6) is 0 Å². The van der Waals surface area contributed by atoms with Gasteiger partial charge in [-0.1, -0.05) is 18.2 Å². The fourth-order valence-corrected chi connectivity index (χ4v) is 2.95. The van der Waals surface area contributed by atoms with E-state index in [0.717, 1.165) is 18.7 Å². The van der Waals surface area contributed by atoms with Crippen LogP contribution in [-0.4, -0.2) is 24.0 Å². The highest BCUT2D eigenvalue weighted by Gasteiger charge is 2.31. The quantitative estimate of drug-likeness (QED) is 0.895. The van der Waals surface area contributed by atoms with Crippen LogP contribution in [0.4, 0.5) is 11.5 Å². The number of amides is 1. The predicted octanol–water partition coefficient (Wildman–Crippen LogP) is 1.76. The SMILES string of the molecule is NCCC1CN(c2ncccc2C(N)=O)c2ccccc21. The maximum absolute atomic E-state index is 11.6. The number of hydrogen-bond donors (Lipinski definition) is 2. The smallest absolute Gasteiger partial charge is 0.252 e. The number of para-hydroxylation sites is 1. The van der Waals surface area contributed by atoms with Crippen molar-refractivity contribution in [3.05, 3.63) is 53.7 Å². The topological polar surface area (TPSA) is 85.2 Å². The zero-order valence-corrected chi connectivity index (χ0v) is 11.7.